The summed E-state index contributed by atoms with van der Waals surface area (Å²) in [5.41, 5.74) is 0. The van der Waals surface area contributed by atoms with Crippen molar-refractivity contribution in [3.05, 3.63) is 0 Å². The van der Waals surface area contributed by atoms with E-state index in [4.69, 9.17) is 14.4 Å². The molecule has 0 spiro atoms. The quantitative estimate of drug-likeness (QED) is 0.329. The van der Waals surface area contributed by atoms with Crippen LogP contribution in [-0.2, 0) is 4.57 Å². The normalized spacial score (nSPS) is 4.33. The van der Waals surface area contributed by atoms with Crippen molar-refractivity contribution in [3.8, 4) is 0 Å². The highest BCUT2D eigenvalue weighted by atomic mass is 31.1. The zero-order valence-corrected chi connectivity index (χ0v) is 4.06. The third-order valence-electron chi connectivity index (χ3n) is 0. The standard InChI is InChI=1S/2H3N.HO3P/c;;1-4(2)3/h2*1H3;(H-,1,2,3)/p+1. The smallest absolute Gasteiger partial charge is 0.344 e. The molecule has 0 rings (SSSR count). The second-order valence-electron chi connectivity index (χ2n) is 0.253. The topological polar surface area (TPSA) is 128 Å². The van der Waals surface area contributed by atoms with Crippen molar-refractivity contribution in [1.29, 1.82) is 0 Å². The fourth-order valence-electron chi connectivity index (χ4n) is 0. The number of rotatable bonds is 0. The second kappa shape index (κ2) is 8.87. The van der Waals surface area contributed by atoms with Crippen LogP contribution in [0.25, 0.3) is 0 Å². The predicted octanol–water partition coefficient (Wildman–Crippen LogP) is -0.0476. The SMILES string of the molecule is N.N.O=[P+](O)O. The summed E-state index contributed by atoms with van der Waals surface area (Å²) in [6, 6.07) is 0. The van der Waals surface area contributed by atoms with Crippen LogP contribution < -0.4 is 12.3 Å². The van der Waals surface area contributed by atoms with Crippen molar-refractivity contribution >= 4 is 8.25 Å². The van der Waals surface area contributed by atoms with Crippen molar-refractivity contribution in [2.24, 2.45) is 0 Å². The molecular weight excluding hydrogens is 107 g/mol. The van der Waals surface area contributed by atoms with Crippen LogP contribution in [0, 0.1) is 0 Å². The maximum absolute atomic E-state index is 8.70. The third kappa shape index (κ3) is 9460. The average Bonchev–Trinajstić information content (AvgIpc) is 0.811. The lowest BCUT2D eigenvalue weighted by Crippen LogP contribution is -1.38. The van der Waals surface area contributed by atoms with Crippen molar-refractivity contribution in [1.82, 2.24) is 12.3 Å². The Kier molecular flexibility index (Phi) is 24.8. The second-order valence-corrected chi connectivity index (χ2v) is 0.758. The highest BCUT2D eigenvalue weighted by Crippen LogP contribution is 1.98. The molecule has 0 aromatic carbocycles. The van der Waals surface area contributed by atoms with E-state index in [9.17, 15) is 0 Å². The first-order chi connectivity index (χ1) is 1.73. The highest BCUT2D eigenvalue weighted by molar-refractivity contribution is 7.30. The Morgan fingerprint density at radius 2 is 1.17 bits per heavy atom. The van der Waals surface area contributed by atoms with Gasteiger partial charge in [0.2, 0.25) is 0 Å². The molecule has 0 aliphatic carbocycles. The summed E-state index contributed by atoms with van der Waals surface area (Å²) >= 11 is 0. The van der Waals surface area contributed by atoms with Gasteiger partial charge in [-0.15, -0.1) is 9.79 Å². The van der Waals surface area contributed by atoms with Crippen molar-refractivity contribution in [2.45, 2.75) is 0 Å². The van der Waals surface area contributed by atoms with E-state index in [2.05, 4.69) is 0 Å². The van der Waals surface area contributed by atoms with Crippen LogP contribution in [0.5, 0.6) is 0 Å². The van der Waals surface area contributed by atoms with Gasteiger partial charge in [0, 0.05) is 4.57 Å². The van der Waals surface area contributed by atoms with Crippen LogP contribution in [0.4, 0.5) is 0 Å². The summed E-state index contributed by atoms with van der Waals surface area (Å²) in [5, 5.41) is 0. The largest absolute Gasteiger partial charge is 0.692 e. The van der Waals surface area contributed by atoms with Crippen molar-refractivity contribution < 1.29 is 14.4 Å². The van der Waals surface area contributed by atoms with Gasteiger partial charge < -0.3 is 12.3 Å². The van der Waals surface area contributed by atoms with Crippen LogP contribution in [-0.4, -0.2) is 9.79 Å². The molecule has 6 heavy (non-hydrogen) atoms. The summed E-state index contributed by atoms with van der Waals surface area (Å²) in [6.07, 6.45) is 0. The van der Waals surface area contributed by atoms with Gasteiger partial charge in [0.25, 0.3) is 0 Å². The first-order valence-corrected chi connectivity index (χ1v) is 1.75. The van der Waals surface area contributed by atoms with E-state index >= 15 is 0 Å². The molecule has 0 fully saturated rings. The third-order valence-corrected chi connectivity index (χ3v) is 0. The molecule has 0 unspecified atom stereocenters. The first-order valence-electron chi connectivity index (χ1n) is 0.583. The zero-order chi connectivity index (χ0) is 3.58. The Morgan fingerprint density at radius 3 is 1.17 bits per heavy atom. The van der Waals surface area contributed by atoms with Gasteiger partial charge in [-0.25, -0.2) is 0 Å². The fourth-order valence-corrected chi connectivity index (χ4v) is 0. The fraction of sp³-hybridized carbons (Fsp3) is 0. The lowest BCUT2D eigenvalue weighted by molar-refractivity contribution is 0.405. The van der Waals surface area contributed by atoms with Gasteiger partial charge in [-0.2, -0.15) is 0 Å². The first kappa shape index (κ1) is 16.8. The molecule has 0 radical (unpaired) electrons. The maximum Gasteiger partial charge on any atom is 0.692 e. The molecule has 0 saturated heterocycles. The van der Waals surface area contributed by atoms with Gasteiger partial charge in [-0.1, -0.05) is 0 Å². The summed E-state index contributed by atoms with van der Waals surface area (Å²) in [4.78, 5) is 14.2. The summed E-state index contributed by atoms with van der Waals surface area (Å²) in [6.45, 7) is 0. The molecule has 0 bridgehead atoms. The molecular formula is H8N2O3P+. The van der Waals surface area contributed by atoms with Crippen LogP contribution in [0.3, 0.4) is 0 Å². The number of hydrogen-bond acceptors (Lipinski definition) is 3. The minimum Gasteiger partial charge on any atom is -0.344 e. The predicted molar refractivity (Wildman–Crippen MR) is 22.1 cm³/mol. The Morgan fingerprint density at radius 1 is 1.17 bits per heavy atom. The number of hydrogen-bond donors (Lipinski definition) is 4. The van der Waals surface area contributed by atoms with E-state index in [0.29, 0.717) is 0 Å². The van der Waals surface area contributed by atoms with Crippen LogP contribution in [0.1, 0.15) is 0 Å². The minimum absolute atomic E-state index is 0. The van der Waals surface area contributed by atoms with Gasteiger partial charge in [0.15, 0.2) is 0 Å². The van der Waals surface area contributed by atoms with E-state index in [1.807, 2.05) is 0 Å². The van der Waals surface area contributed by atoms with Gasteiger partial charge >= 0.3 is 8.25 Å². The summed E-state index contributed by atoms with van der Waals surface area (Å²) in [7, 11) is -2.87. The minimum atomic E-state index is -2.87. The van der Waals surface area contributed by atoms with Crippen LogP contribution >= 0.6 is 8.25 Å². The Bertz CT molecular complexity index is 31.8. The Labute approximate surface area is 36.1 Å². The summed E-state index contributed by atoms with van der Waals surface area (Å²) < 4.78 is 8.70. The van der Waals surface area contributed by atoms with Gasteiger partial charge in [-0.05, 0) is 0 Å². The molecule has 40 valence electrons. The molecule has 0 atom stereocenters. The van der Waals surface area contributed by atoms with Gasteiger partial charge in [-0.3, -0.25) is 0 Å². The monoisotopic (exact) mass is 115 g/mol. The van der Waals surface area contributed by atoms with E-state index in [1.165, 1.54) is 0 Å². The van der Waals surface area contributed by atoms with Crippen molar-refractivity contribution in [2.75, 3.05) is 0 Å². The van der Waals surface area contributed by atoms with E-state index in [0.717, 1.165) is 0 Å². The average molecular weight is 115 g/mol. The zero-order valence-electron chi connectivity index (χ0n) is 3.16. The molecule has 6 heteroatoms. The van der Waals surface area contributed by atoms with Gasteiger partial charge in [0.1, 0.15) is 0 Å². The van der Waals surface area contributed by atoms with E-state index < -0.39 is 8.25 Å². The van der Waals surface area contributed by atoms with Crippen LogP contribution in [0.2, 0.25) is 0 Å². The molecule has 0 heterocycles. The maximum atomic E-state index is 8.70. The molecule has 0 amide bonds. The van der Waals surface area contributed by atoms with Crippen LogP contribution in [0.15, 0.2) is 0 Å². The Hall–Kier alpha value is -0.0600. The van der Waals surface area contributed by atoms with E-state index in [-0.39, 0.29) is 12.3 Å². The lowest BCUT2D eigenvalue weighted by Gasteiger charge is -1.34. The molecule has 0 aromatic rings. The van der Waals surface area contributed by atoms with E-state index in [1.54, 1.807) is 0 Å². The van der Waals surface area contributed by atoms with Crippen molar-refractivity contribution in [3.63, 3.8) is 0 Å². The molecule has 0 aliphatic heterocycles. The molecule has 5 nitrogen and oxygen atoms in total. The molecule has 8 N–H and O–H groups in total. The Balaban J connectivity index is -0.0000000450. The molecule has 0 aromatic heterocycles. The molecule has 0 saturated carbocycles. The lowest BCUT2D eigenvalue weighted by atomic mass is 14.0. The summed E-state index contributed by atoms with van der Waals surface area (Å²) in [5.74, 6) is 0. The van der Waals surface area contributed by atoms with Gasteiger partial charge in [0.05, 0.1) is 0 Å². The highest BCUT2D eigenvalue weighted by Gasteiger charge is 1.93. The molecule has 0 aliphatic rings.